The smallest absolute Gasteiger partial charge is 0.213 e. The molecule has 4 aromatic rings. The number of rotatable bonds is 4. The fourth-order valence-electron chi connectivity index (χ4n) is 2.57. The molecule has 0 unspecified atom stereocenters. The lowest BCUT2D eigenvalue weighted by Gasteiger charge is -1.99. The van der Waals surface area contributed by atoms with Crippen molar-refractivity contribution in [3.05, 3.63) is 75.9 Å². The van der Waals surface area contributed by atoms with Crippen molar-refractivity contribution in [2.45, 2.75) is 6.42 Å². The molecular weight excluding hydrogens is 342 g/mol. The van der Waals surface area contributed by atoms with E-state index >= 15 is 0 Å². The van der Waals surface area contributed by atoms with Gasteiger partial charge in [-0.05, 0) is 17.7 Å². The number of aromatic nitrogens is 3. The van der Waals surface area contributed by atoms with Gasteiger partial charge in [0, 0.05) is 17.0 Å². The Morgan fingerprint density at radius 2 is 1.83 bits per heavy atom. The topological polar surface area (TPSA) is 47.3 Å². The molecule has 0 aliphatic carbocycles. The number of carbonyl (C=O) groups is 1. The lowest BCUT2D eigenvalue weighted by atomic mass is 10.1. The molecule has 0 saturated heterocycles. The molecule has 0 spiro atoms. The van der Waals surface area contributed by atoms with Crippen LogP contribution in [0.2, 0.25) is 5.02 Å². The van der Waals surface area contributed by atoms with Crippen molar-refractivity contribution >= 4 is 34.2 Å². The fourth-order valence-corrected chi connectivity index (χ4v) is 3.63. The van der Waals surface area contributed by atoms with E-state index in [1.807, 2.05) is 30.3 Å². The Morgan fingerprint density at radius 1 is 1.08 bits per heavy atom. The van der Waals surface area contributed by atoms with Crippen LogP contribution < -0.4 is 0 Å². The Kier molecular flexibility index (Phi) is 3.88. The van der Waals surface area contributed by atoms with Gasteiger partial charge >= 0.3 is 0 Å². The molecule has 6 heteroatoms. The number of nitrogens with zero attached hydrogens (tertiary/aromatic N) is 3. The average Bonchev–Trinajstić information content (AvgIpc) is 3.13. The number of hydrogen-bond acceptors (Lipinski definition) is 4. The van der Waals surface area contributed by atoms with Crippen LogP contribution in [0.3, 0.4) is 0 Å². The van der Waals surface area contributed by atoms with Gasteiger partial charge in [-0.3, -0.25) is 4.79 Å². The summed E-state index contributed by atoms with van der Waals surface area (Å²) in [6.07, 6.45) is 1.53. The average molecular weight is 354 g/mol. The standard InChI is InChI=1S/C18H12ClN3OS/c19-14-8-6-13(7-9-14)17-15(11-23)22-18(20-17)24-16(21-22)10-12-4-2-1-3-5-12/h1-9,11H,10H2. The number of aldehydes is 1. The first-order chi connectivity index (χ1) is 11.7. The van der Waals surface area contributed by atoms with E-state index in [2.05, 4.69) is 22.2 Å². The van der Waals surface area contributed by atoms with Crippen molar-refractivity contribution in [3.63, 3.8) is 0 Å². The maximum atomic E-state index is 11.6. The number of hydrogen-bond donors (Lipinski definition) is 0. The molecule has 2 aromatic carbocycles. The Labute approximate surface area is 147 Å². The van der Waals surface area contributed by atoms with E-state index in [9.17, 15) is 4.79 Å². The van der Waals surface area contributed by atoms with Crippen LogP contribution in [0.4, 0.5) is 0 Å². The molecule has 0 bridgehead atoms. The maximum absolute atomic E-state index is 11.6. The minimum Gasteiger partial charge on any atom is -0.296 e. The first-order valence-electron chi connectivity index (χ1n) is 7.38. The molecule has 0 saturated carbocycles. The molecule has 118 valence electrons. The van der Waals surface area contributed by atoms with Crippen LogP contribution in [0.25, 0.3) is 16.2 Å². The maximum Gasteiger partial charge on any atom is 0.213 e. The quantitative estimate of drug-likeness (QED) is 0.507. The van der Waals surface area contributed by atoms with E-state index in [1.165, 1.54) is 16.9 Å². The van der Waals surface area contributed by atoms with Gasteiger partial charge in [0.05, 0.1) is 0 Å². The third kappa shape index (κ3) is 2.72. The van der Waals surface area contributed by atoms with E-state index in [0.29, 0.717) is 21.4 Å². The van der Waals surface area contributed by atoms with E-state index in [0.717, 1.165) is 23.3 Å². The number of benzene rings is 2. The second-order valence-corrected chi connectivity index (χ2v) is 6.80. The Morgan fingerprint density at radius 3 is 2.54 bits per heavy atom. The largest absolute Gasteiger partial charge is 0.296 e. The summed E-state index contributed by atoms with van der Waals surface area (Å²) in [7, 11) is 0. The lowest BCUT2D eigenvalue weighted by Crippen LogP contribution is -1.96. The molecule has 0 N–H and O–H groups in total. The van der Waals surface area contributed by atoms with Crippen LogP contribution in [0, 0.1) is 0 Å². The van der Waals surface area contributed by atoms with Crippen molar-refractivity contribution in [3.8, 4) is 11.3 Å². The lowest BCUT2D eigenvalue weighted by molar-refractivity contribution is 0.111. The zero-order chi connectivity index (χ0) is 16.5. The van der Waals surface area contributed by atoms with Crippen LogP contribution >= 0.6 is 22.9 Å². The van der Waals surface area contributed by atoms with Gasteiger partial charge in [-0.15, -0.1) is 0 Å². The van der Waals surface area contributed by atoms with E-state index in [1.54, 1.807) is 16.6 Å². The first-order valence-corrected chi connectivity index (χ1v) is 8.57. The van der Waals surface area contributed by atoms with Gasteiger partial charge in [-0.25, -0.2) is 4.98 Å². The summed E-state index contributed by atoms with van der Waals surface area (Å²) in [5.41, 5.74) is 3.12. The summed E-state index contributed by atoms with van der Waals surface area (Å²) in [5, 5.41) is 6.13. The van der Waals surface area contributed by atoms with Gasteiger partial charge < -0.3 is 0 Å². The minimum absolute atomic E-state index is 0.461. The fraction of sp³-hybridized carbons (Fsp3) is 0.0556. The Bertz CT molecular complexity index is 1010. The van der Waals surface area contributed by atoms with Gasteiger partial charge in [0.15, 0.2) is 6.29 Å². The van der Waals surface area contributed by atoms with Crippen LogP contribution in [-0.4, -0.2) is 20.9 Å². The summed E-state index contributed by atoms with van der Waals surface area (Å²) in [6.45, 7) is 0. The van der Waals surface area contributed by atoms with Gasteiger partial charge in [-0.1, -0.05) is 65.4 Å². The second kappa shape index (κ2) is 6.19. The van der Waals surface area contributed by atoms with Crippen LogP contribution in [-0.2, 0) is 6.42 Å². The summed E-state index contributed by atoms with van der Waals surface area (Å²) < 4.78 is 1.62. The molecule has 24 heavy (non-hydrogen) atoms. The number of carbonyl (C=O) groups excluding carboxylic acids is 1. The van der Waals surface area contributed by atoms with Crippen molar-refractivity contribution in [2.75, 3.05) is 0 Å². The Balaban J connectivity index is 1.75. The Hall–Kier alpha value is -2.50. The molecule has 0 radical (unpaired) electrons. The zero-order valence-corrected chi connectivity index (χ0v) is 14.1. The first kappa shape index (κ1) is 15.1. The molecule has 0 fully saturated rings. The highest BCUT2D eigenvalue weighted by atomic mass is 35.5. The van der Waals surface area contributed by atoms with Crippen LogP contribution in [0.15, 0.2) is 54.6 Å². The molecule has 0 amide bonds. The molecule has 0 aliphatic heterocycles. The normalized spacial score (nSPS) is 11.0. The van der Waals surface area contributed by atoms with E-state index in [-0.39, 0.29) is 0 Å². The summed E-state index contributed by atoms with van der Waals surface area (Å²) in [4.78, 5) is 16.9. The molecule has 0 aliphatic rings. The number of imidazole rings is 1. The van der Waals surface area contributed by atoms with Gasteiger partial charge in [0.25, 0.3) is 0 Å². The van der Waals surface area contributed by atoms with Crippen LogP contribution in [0.5, 0.6) is 0 Å². The summed E-state index contributed by atoms with van der Waals surface area (Å²) >= 11 is 7.42. The number of fused-ring (bicyclic) bond motifs is 1. The predicted molar refractivity (Wildman–Crippen MR) is 95.9 cm³/mol. The summed E-state index contributed by atoms with van der Waals surface area (Å²) in [5.74, 6) is 0. The second-order valence-electron chi connectivity index (χ2n) is 5.32. The molecule has 4 rings (SSSR count). The van der Waals surface area contributed by atoms with Crippen molar-refractivity contribution in [2.24, 2.45) is 0 Å². The molecule has 2 heterocycles. The third-order valence-corrected chi connectivity index (χ3v) is 4.87. The predicted octanol–water partition coefficient (Wildman–Crippen LogP) is 4.51. The van der Waals surface area contributed by atoms with Gasteiger partial charge in [-0.2, -0.15) is 9.61 Å². The highest BCUT2D eigenvalue weighted by Gasteiger charge is 2.17. The monoisotopic (exact) mass is 353 g/mol. The zero-order valence-electron chi connectivity index (χ0n) is 12.5. The van der Waals surface area contributed by atoms with Crippen molar-refractivity contribution in [1.29, 1.82) is 0 Å². The SMILES string of the molecule is O=Cc1c(-c2ccc(Cl)cc2)nc2sc(Cc3ccccc3)nn12. The highest BCUT2D eigenvalue weighted by Crippen LogP contribution is 2.27. The summed E-state index contributed by atoms with van der Waals surface area (Å²) in [6, 6.07) is 17.4. The van der Waals surface area contributed by atoms with E-state index in [4.69, 9.17) is 11.6 Å². The molecule has 4 nitrogen and oxygen atoms in total. The molecular formula is C18H12ClN3OS. The highest BCUT2D eigenvalue weighted by molar-refractivity contribution is 7.16. The number of halogens is 1. The van der Waals surface area contributed by atoms with Gasteiger partial charge in [0.2, 0.25) is 4.96 Å². The molecule has 2 aromatic heterocycles. The van der Waals surface area contributed by atoms with Gasteiger partial charge in [0.1, 0.15) is 16.4 Å². The van der Waals surface area contributed by atoms with E-state index < -0.39 is 0 Å². The molecule has 0 atom stereocenters. The van der Waals surface area contributed by atoms with Crippen molar-refractivity contribution < 1.29 is 4.79 Å². The third-order valence-electron chi connectivity index (χ3n) is 3.71. The van der Waals surface area contributed by atoms with Crippen molar-refractivity contribution in [1.82, 2.24) is 14.6 Å². The minimum atomic E-state index is 0.461. The van der Waals surface area contributed by atoms with Crippen LogP contribution in [0.1, 0.15) is 21.1 Å².